The lowest BCUT2D eigenvalue weighted by molar-refractivity contribution is -0.138. The van der Waals surface area contributed by atoms with Crippen molar-refractivity contribution in [3.63, 3.8) is 0 Å². The first-order valence-corrected chi connectivity index (χ1v) is 12.2. The summed E-state index contributed by atoms with van der Waals surface area (Å²) in [6.45, 7) is 4.14. The number of hydrogen-bond acceptors (Lipinski definition) is 7. The number of benzene rings is 1. The fraction of sp³-hybridized carbons (Fsp3) is 0.423. The van der Waals surface area contributed by atoms with Crippen LogP contribution in [0.1, 0.15) is 53.8 Å². The zero-order chi connectivity index (χ0) is 26.8. The maximum Gasteiger partial charge on any atom is 0.419 e. The van der Waals surface area contributed by atoms with Crippen molar-refractivity contribution in [1.82, 2.24) is 24.8 Å². The quantitative estimate of drug-likeness (QED) is 0.452. The highest BCUT2D eigenvalue weighted by atomic mass is 19.4. The fourth-order valence-corrected chi connectivity index (χ4v) is 4.36. The van der Waals surface area contributed by atoms with Crippen LogP contribution in [0.15, 0.2) is 43.0 Å². The Bertz CT molecular complexity index is 1150. The molecule has 37 heavy (non-hydrogen) atoms. The van der Waals surface area contributed by atoms with Gasteiger partial charge in [0.05, 0.1) is 11.3 Å². The van der Waals surface area contributed by atoms with Crippen LogP contribution in [0.4, 0.5) is 24.8 Å². The summed E-state index contributed by atoms with van der Waals surface area (Å²) in [6.07, 6.45) is 3.12. The lowest BCUT2D eigenvalue weighted by atomic mass is 9.89. The summed E-state index contributed by atoms with van der Waals surface area (Å²) < 4.78 is 40.8. The number of amides is 1. The van der Waals surface area contributed by atoms with Crippen molar-refractivity contribution < 1.29 is 18.0 Å². The fourth-order valence-electron chi connectivity index (χ4n) is 4.36. The Kier molecular flexibility index (Phi) is 9.90. The number of carbonyl (C=O) groups excluding carboxylic acids is 1. The third-order valence-corrected chi connectivity index (χ3v) is 6.39. The van der Waals surface area contributed by atoms with Gasteiger partial charge < -0.3 is 16.0 Å². The van der Waals surface area contributed by atoms with Gasteiger partial charge in [0.25, 0.3) is 0 Å². The predicted octanol–water partition coefficient (Wildman–Crippen LogP) is 4.29. The smallest absolute Gasteiger partial charge is 0.372 e. The van der Waals surface area contributed by atoms with Gasteiger partial charge in [0.1, 0.15) is 6.33 Å². The summed E-state index contributed by atoms with van der Waals surface area (Å²) in [5, 5.41) is 3.06. The van der Waals surface area contributed by atoms with E-state index in [9.17, 15) is 13.2 Å². The maximum absolute atomic E-state index is 13.6. The average molecular weight is 516 g/mol. The SMILES string of the molecule is CCc1cncnc1CCc1nc(Nc2ccc(C3CCN(C)CC3)cc2)ncc1C(F)(F)F.NC=O. The lowest BCUT2D eigenvalue weighted by Gasteiger charge is -2.29. The molecule has 1 amide bonds. The molecule has 198 valence electrons. The molecule has 0 radical (unpaired) electrons. The number of nitrogens with one attached hydrogen (secondary N) is 1. The van der Waals surface area contributed by atoms with Crippen LogP contribution in [0, 0.1) is 0 Å². The molecule has 3 N–H and O–H groups in total. The highest BCUT2D eigenvalue weighted by Gasteiger charge is 2.35. The van der Waals surface area contributed by atoms with Crippen molar-refractivity contribution in [2.24, 2.45) is 5.73 Å². The second-order valence-corrected chi connectivity index (χ2v) is 8.86. The van der Waals surface area contributed by atoms with Gasteiger partial charge in [-0.25, -0.2) is 19.9 Å². The molecule has 11 heteroatoms. The first-order chi connectivity index (χ1) is 17.7. The molecule has 3 heterocycles. The summed E-state index contributed by atoms with van der Waals surface area (Å²) in [7, 11) is 2.14. The minimum absolute atomic E-state index is 0.0476. The van der Waals surface area contributed by atoms with E-state index in [0.29, 0.717) is 18.8 Å². The van der Waals surface area contributed by atoms with E-state index in [1.165, 1.54) is 11.9 Å². The van der Waals surface area contributed by atoms with E-state index in [1.807, 2.05) is 19.1 Å². The molecular weight excluding hydrogens is 483 g/mol. The van der Waals surface area contributed by atoms with E-state index in [1.54, 1.807) is 6.20 Å². The van der Waals surface area contributed by atoms with E-state index in [2.05, 4.69) is 55.1 Å². The van der Waals surface area contributed by atoms with Crippen LogP contribution in [-0.4, -0.2) is 51.4 Å². The summed E-state index contributed by atoms with van der Waals surface area (Å²) in [5.74, 6) is 0.683. The van der Waals surface area contributed by atoms with Crippen LogP contribution in [0.2, 0.25) is 0 Å². The third-order valence-electron chi connectivity index (χ3n) is 6.39. The number of nitrogens with zero attached hydrogens (tertiary/aromatic N) is 5. The van der Waals surface area contributed by atoms with E-state index in [0.717, 1.165) is 49.1 Å². The van der Waals surface area contributed by atoms with Gasteiger partial charge in [-0.05, 0) is 81.4 Å². The zero-order valence-corrected chi connectivity index (χ0v) is 21.0. The molecule has 1 saturated heterocycles. The zero-order valence-electron chi connectivity index (χ0n) is 21.0. The monoisotopic (exact) mass is 515 g/mol. The second-order valence-electron chi connectivity index (χ2n) is 8.86. The van der Waals surface area contributed by atoms with Crippen LogP contribution in [0.5, 0.6) is 0 Å². The van der Waals surface area contributed by atoms with Crippen molar-refractivity contribution in [3.05, 3.63) is 71.1 Å². The van der Waals surface area contributed by atoms with Gasteiger partial charge in [-0.1, -0.05) is 19.1 Å². The molecule has 1 fully saturated rings. The van der Waals surface area contributed by atoms with Gasteiger partial charge in [0.15, 0.2) is 0 Å². The van der Waals surface area contributed by atoms with Crippen molar-refractivity contribution in [3.8, 4) is 0 Å². The minimum atomic E-state index is -4.52. The van der Waals surface area contributed by atoms with Crippen molar-refractivity contribution in [2.45, 2.75) is 51.1 Å². The molecule has 3 aromatic rings. The number of primary amides is 1. The maximum atomic E-state index is 13.6. The molecule has 0 saturated carbocycles. The molecule has 0 bridgehead atoms. The number of aryl methyl sites for hydroxylation is 3. The Hall–Kier alpha value is -3.60. The Morgan fingerprint density at radius 3 is 2.35 bits per heavy atom. The molecule has 0 atom stereocenters. The van der Waals surface area contributed by atoms with Gasteiger partial charge in [0.2, 0.25) is 12.4 Å². The first kappa shape index (κ1) is 28.0. The van der Waals surface area contributed by atoms with Crippen molar-refractivity contribution in [2.75, 3.05) is 25.5 Å². The molecule has 4 rings (SSSR count). The summed E-state index contributed by atoms with van der Waals surface area (Å²) in [4.78, 5) is 27.3. The number of nitrogens with two attached hydrogens (primary N) is 1. The van der Waals surface area contributed by atoms with Crippen LogP contribution in [-0.2, 0) is 30.2 Å². The lowest BCUT2D eigenvalue weighted by Crippen LogP contribution is -2.29. The normalized spacial score (nSPS) is 14.5. The summed E-state index contributed by atoms with van der Waals surface area (Å²) in [5.41, 5.74) is 6.99. The standard InChI is InChI=1S/C25H29F3N6.CH3NO/c1-3-17-14-29-16-31-22(17)8-9-23-21(25(26,27)28)15-30-24(33-23)32-20-6-4-18(5-7-20)19-10-12-34(2)13-11-19;2-1-3/h4-7,14-16,19H,3,8-13H2,1-2H3,(H,30,32,33);1H,(H2,2,3). The van der Waals surface area contributed by atoms with Crippen molar-refractivity contribution in [1.29, 1.82) is 0 Å². The van der Waals surface area contributed by atoms with Crippen molar-refractivity contribution >= 4 is 18.0 Å². The molecule has 0 aliphatic carbocycles. The Balaban J connectivity index is 0.00000121. The van der Waals surface area contributed by atoms with Gasteiger partial charge in [-0.3, -0.25) is 4.79 Å². The van der Waals surface area contributed by atoms with E-state index >= 15 is 0 Å². The number of piperidine rings is 1. The van der Waals surface area contributed by atoms with Gasteiger partial charge in [-0.15, -0.1) is 0 Å². The number of halogens is 3. The topological polar surface area (TPSA) is 110 Å². The second kappa shape index (κ2) is 13.1. The van der Waals surface area contributed by atoms with Gasteiger partial charge in [0, 0.05) is 23.8 Å². The van der Waals surface area contributed by atoms with E-state index < -0.39 is 11.7 Å². The Morgan fingerprint density at radius 1 is 1.08 bits per heavy atom. The molecule has 1 aliphatic rings. The van der Waals surface area contributed by atoms with Crippen LogP contribution < -0.4 is 11.1 Å². The van der Waals surface area contributed by atoms with E-state index in [4.69, 9.17) is 4.79 Å². The highest BCUT2D eigenvalue weighted by molar-refractivity contribution is 5.54. The third kappa shape index (κ3) is 7.94. The molecule has 1 aromatic carbocycles. The van der Waals surface area contributed by atoms with Gasteiger partial charge in [-0.2, -0.15) is 13.2 Å². The van der Waals surface area contributed by atoms with Crippen LogP contribution in [0.25, 0.3) is 0 Å². The van der Waals surface area contributed by atoms with Crippen LogP contribution >= 0.6 is 0 Å². The molecule has 0 unspecified atom stereocenters. The number of anilines is 2. The number of rotatable bonds is 7. The highest BCUT2D eigenvalue weighted by Crippen LogP contribution is 2.33. The molecule has 0 spiro atoms. The molecule has 2 aromatic heterocycles. The number of aromatic nitrogens is 4. The average Bonchev–Trinajstić information content (AvgIpc) is 2.88. The van der Waals surface area contributed by atoms with E-state index in [-0.39, 0.29) is 24.5 Å². The first-order valence-electron chi connectivity index (χ1n) is 12.2. The minimum Gasteiger partial charge on any atom is -0.372 e. The molecular formula is C26H32F3N7O. The molecule has 1 aliphatic heterocycles. The number of alkyl halides is 3. The predicted molar refractivity (Wildman–Crippen MR) is 135 cm³/mol. The Labute approximate surface area is 214 Å². The number of likely N-dealkylation sites (tertiary alicyclic amines) is 1. The molecule has 8 nitrogen and oxygen atoms in total. The Morgan fingerprint density at radius 2 is 1.73 bits per heavy atom. The largest absolute Gasteiger partial charge is 0.419 e. The number of carbonyl (C=O) groups is 1. The summed E-state index contributed by atoms with van der Waals surface area (Å²) in [6, 6.07) is 8.01. The van der Waals surface area contributed by atoms with Gasteiger partial charge >= 0.3 is 6.18 Å². The van der Waals surface area contributed by atoms with Crippen LogP contribution in [0.3, 0.4) is 0 Å². The summed E-state index contributed by atoms with van der Waals surface area (Å²) >= 11 is 0. The number of hydrogen-bond donors (Lipinski definition) is 2.